The zero-order chi connectivity index (χ0) is 17.2. The SMILES string of the molecule is COc1ccc(N2CCC(N3CCO[C@@H](C(F)(F)F)C3)CC2)cc1. The van der Waals surface area contributed by atoms with Crippen LogP contribution in [-0.4, -0.2) is 63.1 Å². The van der Waals surface area contributed by atoms with Crippen molar-refractivity contribution in [3.63, 3.8) is 0 Å². The molecule has 1 aromatic rings. The highest BCUT2D eigenvalue weighted by molar-refractivity contribution is 5.49. The Morgan fingerprint density at radius 3 is 2.33 bits per heavy atom. The molecule has 2 aliphatic rings. The van der Waals surface area contributed by atoms with Gasteiger partial charge < -0.3 is 14.4 Å². The van der Waals surface area contributed by atoms with Crippen molar-refractivity contribution < 1.29 is 22.6 Å². The van der Waals surface area contributed by atoms with Gasteiger partial charge >= 0.3 is 6.18 Å². The zero-order valence-electron chi connectivity index (χ0n) is 13.8. The first kappa shape index (κ1) is 17.4. The van der Waals surface area contributed by atoms with Gasteiger partial charge in [-0.1, -0.05) is 0 Å². The molecule has 2 aliphatic heterocycles. The van der Waals surface area contributed by atoms with E-state index in [1.807, 2.05) is 29.2 Å². The molecule has 1 aromatic carbocycles. The summed E-state index contributed by atoms with van der Waals surface area (Å²) in [6, 6.07) is 8.10. The molecule has 0 saturated carbocycles. The highest BCUT2D eigenvalue weighted by Crippen LogP contribution is 2.29. The highest BCUT2D eigenvalue weighted by atomic mass is 19.4. The lowest BCUT2D eigenvalue weighted by molar-refractivity contribution is -0.239. The van der Waals surface area contributed by atoms with E-state index in [1.165, 1.54) is 0 Å². The number of nitrogens with zero attached hydrogens (tertiary/aromatic N) is 2. The number of piperidine rings is 1. The number of hydrogen-bond donors (Lipinski definition) is 0. The fourth-order valence-corrected chi connectivity index (χ4v) is 3.48. The predicted octanol–water partition coefficient (Wildman–Crippen LogP) is 2.93. The minimum atomic E-state index is -4.28. The third kappa shape index (κ3) is 3.95. The Bertz CT molecular complexity index is 528. The van der Waals surface area contributed by atoms with Gasteiger partial charge in [0, 0.05) is 37.9 Å². The fraction of sp³-hybridized carbons (Fsp3) is 0.647. The summed E-state index contributed by atoms with van der Waals surface area (Å²) < 4.78 is 48.6. The van der Waals surface area contributed by atoms with E-state index in [2.05, 4.69) is 4.90 Å². The van der Waals surface area contributed by atoms with Crippen LogP contribution in [0, 0.1) is 0 Å². The van der Waals surface area contributed by atoms with Crippen LogP contribution < -0.4 is 9.64 Å². The molecule has 3 rings (SSSR count). The summed E-state index contributed by atoms with van der Waals surface area (Å²) in [6.45, 7) is 2.40. The molecule has 2 heterocycles. The van der Waals surface area contributed by atoms with Crippen molar-refractivity contribution in [2.45, 2.75) is 31.2 Å². The summed E-state index contributed by atoms with van der Waals surface area (Å²) >= 11 is 0. The van der Waals surface area contributed by atoms with Crippen LogP contribution in [0.3, 0.4) is 0 Å². The number of benzene rings is 1. The van der Waals surface area contributed by atoms with Gasteiger partial charge in [0.25, 0.3) is 0 Å². The topological polar surface area (TPSA) is 24.9 Å². The van der Waals surface area contributed by atoms with E-state index in [9.17, 15) is 13.2 Å². The molecular weight excluding hydrogens is 321 g/mol. The summed E-state index contributed by atoms with van der Waals surface area (Å²) in [7, 11) is 1.64. The van der Waals surface area contributed by atoms with Crippen molar-refractivity contribution >= 4 is 5.69 Å². The second-order valence-electron chi connectivity index (χ2n) is 6.31. The van der Waals surface area contributed by atoms with Crippen LogP contribution in [0.2, 0.25) is 0 Å². The third-order valence-electron chi connectivity index (χ3n) is 4.88. The number of hydrogen-bond acceptors (Lipinski definition) is 4. The van der Waals surface area contributed by atoms with E-state index in [-0.39, 0.29) is 19.2 Å². The summed E-state index contributed by atoms with van der Waals surface area (Å²) in [5.41, 5.74) is 1.13. The largest absolute Gasteiger partial charge is 0.497 e. The van der Waals surface area contributed by atoms with Gasteiger partial charge in [-0.15, -0.1) is 0 Å². The van der Waals surface area contributed by atoms with Crippen molar-refractivity contribution in [2.24, 2.45) is 0 Å². The van der Waals surface area contributed by atoms with E-state index < -0.39 is 12.3 Å². The molecule has 2 saturated heterocycles. The number of morpholine rings is 1. The van der Waals surface area contributed by atoms with Crippen molar-refractivity contribution in [3.05, 3.63) is 24.3 Å². The first-order valence-corrected chi connectivity index (χ1v) is 8.29. The van der Waals surface area contributed by atoms with Crippen LogP contribution in [0.4, 0.5) is 18.9 Å². The average molecular weight is 344 g/mol. The van der Waals surface area contributed by atoms with Crippen molar-refractivity contribution in [3.8, 4) is 5.75 Å². The van der Waals surface area contributed by atoms with Gasteiger partial charge in [0.2, 0.25) is 0 Å². The normalized spacial score (nSPS) is 24.2. The van der Waals surface area contributed by atoms with Crippen molar-refractivity contribution in [2.75, 3.05) is 44.8 Å². The molecule has 0 unspecified atom stereocenters. The Morgan fingerprint density at radius 1 is 1.08 bits per heavy atom. The standard InChI is InChI=1S/C17H23F3N2O2/c1-23-15-4-2-13(3-5-15)21-8-6-14(7-9-21)22-10-11-24-16(12-22)17(18,19)20/h2-5,14,16H,6-12H2,1H3/t16-/m1/s1. The maximum atomic E-state index is 12.9. The number of ether oxygens (including phenoxy) is 2. The minimum absolute atomic E-state index is 0.0449. The Morgan fingerprint density at radius 2 is 1.75 bits per heavy atom. The van der Waals surface area contributed by atoms with Crippen LogP contribution in [0.5, 0.6) is 5.75 Å². The molecule has 0 N–H and O–H groups in total. The quantitative estimate of drug-likeness (QED) is 0.842. The molecule has 7 heteroatoms. The molecule has 0 aliphatic carbocycles. The molecule has 0 bridgehead atoms. The van der Waals surface area contributed by atoms with Gasteiger partial charge in [0.1, 0.15) is 5.75 Å². The Labute approximate surface area is 140 Å². The van der Waals surface area contributed by atoms with Crippen LogP contribution in [-0.2, 0) is 4.74 Å². The Kier molecular flexibility index (Phi) is 5.20. The number of rotatable bonds is 3. The number of alkyl halides is 3. The molecule has 1 atom stereocenters. The Hall–Kier alpha value is -1.47. The predicted molar refractivity (Wildman–Crippen MR) is 85.6 cm³/mol. The molecule has 24 heavy (non-hydrogen) atoms. The van der Waals surface area contributed by atoms with E-state index >= 15 is 0 Å². The summed E-state index contributed by atoms with van der Waals surface area (Å²) in [5.74, 6) is 0.820. The van der Waals surface area contributed by atoms with Crippen LogP contribution >= 0.6 is 0 Å². The summed E-state index contributed by atoms with van der Waals surface area (Å²) in [4.78, 5) is 4.23. The Balaban J connectivity index is 1.54. The third-order valence-corrected chi connectivity index (χ3v) is 4.88. The molecule has 2 fully saturated rings. The van der Waals surface area contributed by atoms with E-state index in [0.29, 0.717) is 6.54 Å². The second kappa shape index (κ2) is 7.19. The van der Waals surface area contributed by atoms with E-state index in [0.717, 1.165) is 37.4 Å². The van der Waals surface area contributed by atoms with Gasteiger partial charge in [-0.2, -0.15) is 13.2 Å². The lowest BCUT2D eigenvalue weighted by Gasteiger charge is -2.43. The minimum Gasteiger partial charge on any atom is -0.497 e. The maximum absolute atomic E-state index is 12.9. The lowest BCUT2D eigenvalue weighted by atomic mass is 10.0. The van der Waals surface area contributed by atoms with Gasteiger partial charge in [0.15, 0.2) is 6.10 Å². The molecule has 0 aromatic heterocycles. The molecule has 4 nitrogen and oxygen atoms in total. The highest BCUT2D eigenvalue weighted by Gasteiger charge is 2.44. The summed E-state index contributed by atoms with van der Waals surface area (Å²) in [5, 5.41) is 0. The zero-order valence-corrected chi connectivity index (χ0v) is 13.8. The van der Waals surface area contributed by atoms with E-state index in [4.69, 9.17) is 9.47 Å². The first-order chi connectivity index (χ1) is 11.5. The van der Waals surface area contributed by atoms with Crippen molar-refractivity contribution in [1.82, 2.24) is 4.90 Å². The maximum Gasteiger partial charge on any atom is 0.415 e. The van der Waals surface area contributed by atoms with Crippen molar-refractivity contribution in [1.29, 1.82) is 0 Å². The van der Waals surface area contributed by atoms with Crippen LogP contribution in [0.1, 0.15) is 12.8 Å². The van der Waals surface area contributed by atoms with Gasteiger partial charge in [-0.3, -0.25) is 4.90 Å². The molecule has 0 radical (unpaired) electrons. The van der Waals surface area contributed by atoms with Gasteiger partial charge in [-0.05, 0) is 37.1 Å². The molecule has 134 valence electrons. The van der Waals surface area contributed by atoms with E-state index in [1.54, 1.807) is 7.11 Å². The van der Waals surface area contributed by atoms with Crippen LogP contribution in [0.15, 0.2) is 24.3 Å². The first-order valence-electron chi connectivity index (χ1n) is 8.29. The second-order valence-corrected chi connectivity index (χ2v) is 6.31. The fourth-order valence-electron chi connectivity index (χ4n) is 3.48. The monoisotopic (exact) mass is 344 g/mol. The molecule has 0 amide bonds. The van der Waals surface area contributed by atoms with Gasteiger partial charge in [0.05, 0.1) is 13.7 Å². The number of methoxy groups -OCH3 is 1. The lowest BCUT2D eigenvalue weighted by Crippen LogP contribution is -2.54. The van der Waals surface area contributed by atoms with Gasteiger partial charge in [-0.25, -0.2) is 0 Å². The number of anilines is 1. The molecule has 0 spiro atoms. The smallest absolute Gasteiger partial charge is 0.415 e. The summed E-state index contributed by atoms with van der Waals surface area (Å²) in [6.07, 6.45) is -4.18. The van der Waals surface area contributed by atoms with Crippen LogP contribution in [0.25, 0.3) is 0 Å². The molecular formula is C17H23F3N2O2. The average Bonchev–Trinajstić information content (AvgIpc) is 2.61. The number of halogens is 3.